The van der Waals surface area contributed by atoms with Crippen molar-refractivity contribution < 1.29 is 25.6 Å². The Hall–Kier alpha value is -0.740. The summed E-state index contributed by atoms with van der Waals surface area (Å²) in [6.07, 6.45) is 4.74. The third-order valence-electron chi connectivity index (χ3n) is 4.23. The molecule has 0 nitrogen and oxygen atoms in total. The van der Waals surface area contributed by atoms with E-state index in [1.165, 1.54) is 0 Å². The molecule has 1 saturated carbocycles. The van der Waals surface area contributed by atoms with E-state index in [2.05, 4.69) is 0 Å². The zero-order valence-electron chi connectivity index (χ0n) is 11.8. The van der Waals surface area contributed by atoms with Crippen molar-refractivity contribution in [1.29, 1.82) is 0 Å². The molecule has 2 aromatic rings. The van der Waals surface area contributed by atoms with Crippen molar-refractivity contribution in [3.63, 3.8) is 0 Å². The van der Waals surface area contributed by atoms with E-state index in [1.807, 2.05) is 25.1 Å². The van der Waals surface area contributed by atoms with Gasteiger partial charge in [0.15, 0.2) is 9.58 Å². The van der Waals surface area contributed by atoms with Crippen LogP contribution in [0.3, 0.4) is 0 Å². The van der Waals surface area contributed by atoms with Crippen LogP contribution in [0.5, 0.6) is 0 Å². The third kappa shape index (κ3) is 3.07. The summed E-state index contributed by atoms with van der Waals surface area (Å²) in [5.41, 5.74) is -3.15. The smallest absolute Gasteiger partial charge is 0.600 e. The summed E-state index contributed by atoms with van der Waals surface area (Å²) in [7, 11) is -1.70. The van der Waals surface area contributed by atoms with Crippen molar-refractivity contribution >= 4 is 20.6 Å². The van der Waals surface area contributed by atoms with E-state index in [4.69, 9.17) is 0 Å². The lowest BCUT2D eigenvalue weighted by atomic mass is 10.1. The number of halogens is 4. The van der Waals surface area contributed by atoms with Crippen LogP contribution in [0.25, 0.3) is 10.1 Å². The Labute approximate surface area is 131 Å². The first-order chi connectivity index (χ1) is 9.50. The van der Waals surface area contributed by atoms with Gasteiger partial charge in [0.1, 0.15) is 0 Å². The monoisotopic (exact) mass is 334 g/mol. The molecular formula is C16H18ClF3S. The number of fused-ring (bicyclic) bond motifs is 1. The lowest BCUT2D eigenvalue weighted by molar-refractivity contribution is -0.0868. The quantitative estimate of drug-likeness (QED) is 0.739. The number of hydrogen-bond acceptors (Lipinski definition) is 0. The first-order valence-corrected chi connectivity index (χ1v) is 8.39. The molecule has 0 spiro atoms. The highest BCUT2D eigenvalue weighted by atomic mass is 35.5. The summed E-state index contributed by atoms with van der Waals surface area (Å²) in [5, 5.41) is 0.782. The molecule has 1 fully saturated rings. The summed E-state index contributed by atoms with van der Waals surface area (Å²) in [6, 6.07) is 7.40. The number of benzene rings is 1. The Kier molecular flexibility index (Phi) is 4.89. The van der Waals surface area contributed by atoms with Gasteiger partial charge in [0, 0.05) is 23.4 Å². The average Bonchev–Trinajstić information content (AvgIpc) is 3.03. The second-order valence-electron chi connectivity index (χ2n) is 5.51. The van der Waals surface area contributed by atoms with Crippen molar-refractivity contribution in [2.24, 2.45) is 0 Å². The molecule has 5 heteroatoms. The summed E-state index contributed by atoms with van der Waals surface area (Å²) < 4.78 is 41.1. The molecule has 0 saturated heterocycles. The highest BCUT2D eigenvalue weighted by Crippen LogP contribution is 2.55. The van der Waals surface area contributed by atoms with Crippen molar-refractivity contribution in [3.05, 3.63) is 34.7 Å². The molecule has 1 aromatic heterocycles. The first-order valence-electron chi connectivity index (χ1n) is 7.16. The Bertz CT molecular complexity index is 624. The maximum atomic E-state index is 13.6. The lowest BCUT2D eigenvalue weighted by Crippen LogP contribution is -3.00. The fourth-order valence-corrected chi connectivity index (χ4v) is 5.40. The molecule has 0 bridgehead atoms. The van der Waals surface area contributed by atoms with Gasteiger partial charge in [-0.15, -0.1) is 13.2 Å². The van der Waals surface area contributed by atoms with Crippen LogP contribution in [0, 0.1) is 0 Å². The van der Waals surface area contributed by atoms with Crippen LogP contribution < -0.4 is 12.4 Å². The van der Waals surface area contributed by atoms with Gasteiger partial charge in [-0.05, 0) is 30.9 Å². The van der Waals surface area contributed by atoms with Gasteiger partial charge >= 0.3 is 5.51 Å². The SMILES string of the molecule is CCc1ccc2cc(C3CCCC3)[s+](C(F)(F)F)c2c1.[Cl-]. The highest BCUT2D eigenvalue weighted by molar-refractivity contribution is 7.38. The molecule has 1 aromatic carbocycles. The van der Waals surface area contributed by atoms with E-state index in [9.17, 15) is 13.2 Å². The number of aryl methyl sites for hydroxylation is 1. The Morgan fingerprint density at radius 1 is 1.14 bits per heavy atom. The summed E-state index contributed by atoms with van der Waals surface area (Å²) >= 11 is 0. The molecule has 0 amide bonds. The van der Waals surface area contributed by atoms with Gasteiger partial charge in [-0.3, -0.25) is 0 Å². The van der Waals surface area contributed by atoms with Crippen LogP contribution in [0.4, 0.5) is 13.2 Å². The largest absolute Gasteiger partial charge is 1.00 e. The molecule has 1 heterocycles. The van der Waals surface area contributed by atoms with Crippen LogP contribution in [0.15, 0.2) is 24.3 Å². The van der Waals surface area contributed by atoms with E-state index in [-0.39, 0.29) is 18.3 Å². The van der Waals surface area contributed by atoms with E-state index < -0.39 is 16.0 Å². The number of rotatable bonds is 2. The summed E-state index contributed by atoms with van der Waals surface area (Å²) in [6.45, 7) is 1.98. The molecule has 0 radical (unpaired) electrons. The molecule has 1 unspecified atom stereocenters. The standard InChI is InChI=1S/C16H18F3S.ClH/c1-2-11-7-8-13-10-15(12-5-3-4-6-12)20(14(13)9-11)16(17,18)19;/h7-10,12H,2-6H2,1H3;1H/q+1;/p-1. The molecule has 116 valence electrons. The van der Waals surface area contributed by atoms with Crippen molar-refractivity contribution in [2.45, 2.75) is 50.5 Å². The van der Waals surface area contributed by atoms with E-state index in [0.717, 1.165) is 43.1 Å². The summed E-state index contributed by atoms with van der Waals surface area (Å²) in [5.74, 6) is 0.137. The molecule has 1 atom stereocenters. The predicted octanol–water partition coefficient (Wildman–Crippen LogP) is 3.29. The van der Waals surface area contributed by atoms with Crippen LogP contribution in [-0.2, 0) is 11.9 Å². The van der Waals surface area contributed by atoms with E-state index >= 15 is 0 Å². The number of hydrogen-bond donors (Lipinski definition) is 0. The average molecular weight is 335 g/mol. The predicted molar refractivity (Wildman–Crippen MR) is 78.3 cm³/mol. The van der Waals surface area contributed by atoms with Crippen molar-refractivity contribution in [1.82, 2.24) is 0 Å². The highest BCUT2D eigenvalue weighted by Gasteiger charge is 2.49. The Balaban J connectivity index is 0.00000161. The van der Waals surface area contributed by atoms with Gasteiger partial charge in [-0.25, -0.2) is 0 Å². The van der Waals surface area contributed by atoms with E-state index in [1.54, 1.807) is 6.07 Å². The molecule has 1 aliphatic carbocycles. The zero-order chi connectivity index (χ0) is 14.3. The van der Waals surface area contributed by atoms with E-state index in [0.29, 0.717) is 9.58 Å². The number of thiophene rings is 1. The van der Waals surface area contributed by atoms with Crippen LogP contribution in [-0.4, -0.2) is 0 Å². The second-order valence-corrected chi connectivity index (χ2v) is 7.49. The van der Waals surface area contributed by atoms with Crippen molar-refractivity contribution in [2.75, 3.05) is 0 Å². The van der Waals surface area contributed by atoms with Crippen LogP contribution in [0.2, 0.25) is 0 Å². The second kappa shape index (κ2) is 6.17. The fraction of sp³-hybridized carbons (Fsp3) is 0.500. The molecule has 3 rings (SSSR count). The first kappa shape index (κ1) is 16.6. The van der Waals surface area contributed by atoms with Gasteiger partial charge in [-0.1, -0.05) is 25.8 Å². The van der Waals surface area contributed by atoms with Crippen LogP contribution in [0.1, 0.15) is 49.0 Å². The molecule has 0 aliphatic heterocycles. The molecular weight excluding hydrogens is 317 g/mol. The molecule has 0 N–H and O–H groups in total. The third-order valence-corrected chi connectivity index (χ3v) is 6.41. The minimum Gasteiger partial charge on any atom is -1.00 e. The number of alkyl halides is 3. The topological polar surface area (TPSA) is 0 Å². The minimum atomic E-state index is -4.15. The summed E-state index contributed by atoms with van der Waals surface area (Å²) in [4.78, 5) is 0.637. The van der Waals surface area contributed by atoms with Crippen molar-refractivity contribution in [3.8, 4) is 0 Å². The molecule has 21 heavy (non-hydrogen) atoms. The fourth-order valence-electron chi connectivity index (χ4n) is 3.19. The maximum Gasteiger partial charge on any atom is 0.600 e. The van der Waals surface area contributed by atoms with Gasteiger partial charge in [0.05, 0.1) is 10.5 Å². The lowest BCUT2D eigenvalue weighted by Gasteiger charge is -2.05. The Morgan fingerprint density at radius 2 is 1.81 bits per heavy atom. The van der Waals surface area contributed by atoms with Gasteiger partial charge in [0.25, 0.3) is 0 Å². The van der Waals surface area contributed by atoms with Gasteiger partial charge < -0.3 is 12.4 Å². The molecule has 1 aliphatic rings. The normalized spacial score (nSPS) is 17.2. The zero-order valence-corrected chi connectivity index (χ0v) is 13.4. The minimum absolute atomic E-state index is 0. The maximum absolute atomic E-state index is 13.6. The van der Waals surface area contributed by atoms with Gasteiger partial charge in [-0.2, -0.15) is 0 Å². The van der Waals surface area contributed by atoms with Crippen LogP contribution >= 0.6 is 10.5 Å². The van der Waals surface area contributed by atoms with Gasteiger partial charge in [0.2, 0.25) is 0 Å². The Morgan fingerprint density at radius 3 is 2.38 bits per heavy atom.